The van der Waals surface area contributed by atoms with E-state index in [-0.39, 0.29) is 25.7 Å². The average Bonchev–Trinajstić information content (AvgIpc) is 3.07. The van der Waals surface area contributed by atoms with E-state index in [1.165, 1.54) is 161 Å². The lowest BCUT2D eigenvalue weighted by Gasteiger charge is -2.21. The number of carbonyl (C=O) groups is 4. The highest BCUT2D eigenvalue weighted by Gasteiger charge is 2.30. The number of ether oxygens (including phenoxy) is 4. The zero-order chi connectivity index (χ0) is 68.2. The van der Waals surface area contributed by atoms with Gasteiger partial charge < -0.3 is 33.8 Å². The van der Waals surface area contributed by atoms with E-state index in [9.17, 15) is 43.2 Å². The molecule has 0 amide bonds. The maximum Gasteiger partial charge on any atom is 0.472 e. The van der Waals surface area contributed by atoms with Crippen molar-refractivity contribution in [2.24, 2.45) is 23.7 Å². The van der Waals surface area contributed by atoms with Crippen LogP contribution in [0.15, 0.2) is 0 Å². The smallest absolute Gasteiger partial charge is 0.462 e. The second kappa shape index (κ2) is 62.6. The van der Waals surface area contributed by atoms with Crippen molar-refractivity contribution >= 4 is 39.5 Å². The van der Waals surface area contributed by atoms with Gasteiger partial charge in [-0.05, 0) is 49.4 Å². The lowest BCUT2D eigenvalue weighted by atomic mass is 9.99. The van der Waals surface area contributed by atoms with Gasteiger partial charge in [0.1, 0.15) is 19.3 Å². The molecular formula is C73H142O17P2. The third-order valence-electron chi connectivity index (χ3n) is 17.5. The molecule has 0 spiro atoms. The van der Waals surface area contributed by atoms with E-state index in [0.29, 0.717) is 31.6 Å². The van der Waals surface area contributed by atoms with Crippen molar-refractivity contribution in [3.63, 3.8) is 0 Å². The quantitative estimate of drug-likeness (QED) is 0.0222. The maximum absolute atomic E-state index is 13.0. The summed E-state index contributed by atoms with van der Waals surface area (Å²) >= 11 is 0. The standard InChI is InChI=1S/C73H142O17P2/c1-9-65(7)51-43-35-27-20-22-30-39-47-55-72(77)89-68(59-83-70(75)53-45-37-29-19-17-15-13-11-12-14-16-18-25-33-41-49-63(3)4)61-87-91(79,80)85-57-67(74)58-86-92(81,82)88-62-69(60-84-71(76)54-46-38-32-24-26-34-42-50-64(5)6)90-73(78)56-48-40-31-23-21-28-36-44-52-66(8)10-2/h63-69,74H,9-62H2,1-8H3,(H,79,80)(H,81,82)/t65?,66?,67?,68-,69-/m1/s1. The Kier molecular flexibility index (Phi) is 61.3. The first-order valence-electron chi connectivity index (χ1n) is 37.8. The highest BCUT2D eigenvalue weighted by Crippen LogP contribution is 2.45. The van der Waals surface area contributed by atoms with Gasteiger partial charge in [-0.3, -0.25) is 37.3 Å². The Morgan fingerprint density at radius 1 is 0.304 bits per heavy atom. The Labute approximate surface area is 562 Å². The molecule has 19 heteroatoms. The molecule has 0 bridgehead atoms. The van der Waals surface area contributed by atoms with Crippen LogP contribution in [0.1, 0.15) is 364 Å². The number of esters is 4. The van der Waals surface area contributed by atoms with E-state index in [4.69, 9.17) is 37.0 Å². The molecule has 3 N–H and O–H groups in total. The fourth-order valence-corrected chi connectivity index (χ4v) is 12.5. The highest BCUT2D eigenvalue weighted by molar-refractivity contribution is 7.47. The van der Waals surface area contributed by atoms with Crippen molar-refractivity contribution in [2.75, 3.05) is 39.6 Å². The summed E-state index contributed by atoms with van der Waals surface area (Å²) in [6, 6.07) is 0. The van der Waals surface area contributed by atoms with Crippen LogP contribution in [0.25, 0.3) is 0 Å². The van der Waals surface area contributed by atoms with Crippen LogP contribution in [0.4, 0.5) is 0 Å². The minimum absolute atomic E-state index is 0.104. The predicted octanol–water partition coefficient (Wildman–Crippen LogP) is 20.9. The average molecular weight is 1350 g/mol. The number of hydrogen-bond donors (Lipinski definition) is 3. The van der Waals surface area contributed by atoms with Gasteiger partial charge in [0.15, 0.2) is 12.2 Å². The molecular weight excluding hydrogens is 1210 g/mol. The Hall–Kier alpha value is -1.94. The van der Waals surface area contributed by atoms with Gasteiger partial charge >= 0.3 is 39.5 Å². The summed E-state index contributed by atoms with van der Waals surface area (Å²) in [5.74, 6) is 0.922. The van der Waals surface area contributed by atoms with Crippen molar-refractivity contribution in [2.45, 2.75) is 382 Å². The van der Waals surface area contributed by atoms with E-state index < -0.39 is 97.5 Å². The van der Waals surface area contributed by atoms with E-state index in [1.54, 1.807) is 0 Å². The third kappa shape index (κ3) is 64.1. The van der Waals surface area contributed by atoms with Crippen molar-refractivity contribution in [3.05, 3.63) is 0 Å². The molecule has 0 aromatic rings. The van der Waals surface area contributed by atoms with E-state index in [2.05, 4.69) is 55.4 Å². The molecule has 0 saturated carbocycles. The van der Waals surface area contributed by atoms with Crippen molar-refractivity contribution < 1.29 is 80.2 Å². The Balaban J connectivity index is 5.23. The first-order chi connectivity index (χ1) is 44.2. The van der Waals surface area contributed by atoms with Crippen molar-refractivity contribution in [1.29, 1.82) is 0 Å². The topological polar surface area (TPSA) is 237 Å². The summed E-state index contributed by atoms with van der Waals surface area (Å²) in [5.41, 5.74) is 0. The molecule has 0 aromatic carbocycles. The van der Waals surface area contributed by atoms with Crippen LogP contribution in [0, 0.1) is 23.7 Å². The first-order valence-corrected chi connectivity index (χ1v) is 40.8. The van der Waals surface area contributed by atoms with Gasteiger partial charge in [-0.1, -0.05) is 312 Å². The van der Waals surface area contributed by atoms with E-state index in [0.717, 1.165) is 114 Å². The summed E-state index contributed by atoms with van der Waals surface area (Å²) in [6.45, 7) is 14.1. The molecule has 0 aliphatic heterocycles. The van der Waals surface area contributed by atoms with Gasteiger partial charge in [-0.25, -0.2) is 9.13 Å². The molecule has 0 radical (unpaired) electrons. The zero-order valence-electron chi connectivity index (χ0n) is 60.2. The number of aliphatic hydroxyl groups is 1. The van der Waals surface area contributed by atoms with Crippen LogP contribution in [-0.4, -0.2) is 96.7 Å². The Bertz CT molecular complexity index is 1820. The number of phosphoric acid groups is 2. The number of aliphatic hydroxyl groups excluding tert-OH is 1. The largest absolute Gasteiger partial charge is 0.472 e. The van der Waals surface area contributed by atoms with Crippen LogP contribution in [0.3, 0.4) is 0 Å². The summed E-state index contributed by atoms with van der Waals surface area (Å²) in [4.78, 5) is 72.7. The van der Waals surface area contributed by atoms with Gasteiger partial charge in [0.05, 0.1) is 26.4 Å². The fraction of sp³-hybridized carbons (Fsp3) is 0.945. The third-order valence-corrected chi connectivity index (χ3v) is 19.4. The SMILES string of the molecule is CCC(C)CCCCCCCCCCC(=O)O[C@H](COC(=O)CCCCCCCCCCCCCCCCCC(C)C)COP(=O)(O)OCC(O)COP(=O)(O)OC[C@@H](COC(=O)CCCCCCCCCC(C)C)OC(=O)CCCCCCCCCCC(C)CC. The lowest BCUT2D eigenvalue weighted by molar-refractivity contribution is -0.161. The molecule has 0 fully saturated rings. The maximum atomic E-state index is 13.0. The molecule has 5 unspecified atom stereocenters. The normalized spacial score (nSPS) is 14.8. The number of carbonyl (C=O) groups excluding carboxylic acids is 4. The summed E-state index contributed by atoms with van der Waals surface area (Å²) in [6.07, 6.45) is 45.8. The number of rotatable bonds is 70. The van der Waals surface area contributed by atoms with Gasteiger partial charge in [-0.15, -0.1) is 0 Å². The molecule has 17 nitrogen and oxygen atoms in total. The number of hydrogen-bond acceptors (Lipinski definition) is 15. The summed E-state index contributed by atoms with van der Waals surface area (Å²) < 4.78 is 68.4. The van der Waals surface area contributed by atoms with Gasteiger partial charge in [0.2, 0.25) is 0 Å². The van der Waals surface area contributed by atoms with Crippen LogP contribution in [0.5, 0.6) is 0 Å². The van der Waals surface area contributed by atoms with E-state index >= 15 is 0 Å². The zero-order valence-corrected chi connectivity index (χ0v) is 62.0. The predicted molar refractivity (Wildman–Crippen MR) is 372 cm³/mol. The van der Waals surface area contributed by atoms with Crippen molar-refractivity contribution in [1.82, 2.24) is 0 Å². The second-order valence-electron chi connectivity index (χ2n) is 27.8. The Morgan fingerprint density at radius 2 is 0.522 bits per heavy atom. The number of unbranched alkanes of at least 4 members (excludes halogenated alkanes) is 34. The molecule has 0 aromatic heterocycles. The molecule has 0 aliphatic carbocycles. The van der Waals surface area contributed by atoms with Crippen LogP contribution in [0.2, 0.25) is 0 Å². The van der Waals surface area contributed by atoms with Crippen LogP contribution < -0.4 is 0 Å². The van der Waals surface area contributed by atoms with Crippen molar-refractivity contribution in [3.8, 4) is 0 Å². The molecule has 0 rings (SSSR count). The van der Waals surface area contributed by atoms with Gasteiger partial charge in [0.25, 0.3) is 0 Å². The minimum atomic E-state index is -4.96. The van der Waals surface area contributed by atoms with Crippen LogP contribution >= 0.6 is 15.6 Å². The minimum Gasteiger partial charge on any atom is -0.462 e. The second-order valence-corrected chi connectivity index (χ2v) is 30.7. The molecule has 92 heavy (non-hydrogen) atoms. The lowest BCUT2D eigenvalue weighted by Crippen LogP contribution is -2.30. The molecule has 546 valence electrons. The number of phosphoric ester groups is 2. The van der Waals surface area contributed by atoms with Crippen LogP contribution in [-0.2, 0) is 65.4 Å². The Morgan fingerprint density at radius 3 is 0.772 bits per heavy atom. The molecule has 0 heterocycles. The monoisotopic (exact) mass is 1350 g/mol. The fourth-order valence-electron chi connectivity index (χ4n) is 11.0. The summed E-state index contributed by atoms with van der Waals surface area (Å²) in [5, 5.41) is 10.6. The molecule has 7 atom stereocenters. The molecule has 0 saturated heterocycles. The van der Waals surface area contributed by atoms with Gasteiger partial charge in [0, 0.05) is 25.7 Å². The van der Waals surface area contributed by atoms with E-state index in [1.807, 2.05) is 0 Å². The summed E-state index contributed by atoms with van der Waals surface area (Å²) in [7, 11) is -9.91. The van der Waals surface area contributed by atoms with Gasteiger partial charge in [-0.2, -0.15) is 0 Å². The molecule has 0 aliphatic rings. The highest BCUT2D eigenvalue weighted by atomic mass is 31.2. The first kappa shape index (κ1) is 90.1.